The van der Waals surface area contributed by atoms with E-state index in [0.717, 1.165) is 0 Å². The summed E-state index contributed by atoms with van der Waals surface area (Å²) in [6.45, 7) is 2.09. The molecule has 3 rings (SSSR count). The Bertz CT molecular complexity index is 751. The van der Waals surface area contributed by atoms with Crippen LogP contribution in [0.4, 0.5) is 5.69 Å². The van der Waals surface area contributed by atoms with Gasteiger partial charge in [-0.3, -0.25) is 9.40 Å². The van der Waals surface area contributed by atoms with E-state index in [0.29, 0.717) is 23.5 Å². The summed E-state index contributed by atoms with van der Waals surface area (Å²) >= 11 is 0. The third kappa shape index (κ3) is 3.06. The Morgan fingerprint density at radius 1 is 1.36 bits per heavy atom. The van der Waals surface area contributed by atoms with Gasteiger partial charge in [-0.15, -0.1) is 0 Å². The molecule has 2 aromatic rings. The first-order valence-corrected chi connectivity index (χ1v) is 8.55. The molecule has 0 spiro atoms. The highest BCUT2D eigenvalue weighted by molar-refractivity contribution is 7.92. The van der Waals surface area contributed by atoms with Crippen LogP contribution < -0.4 is 9.46 Å². The third-order valence-corrected chi connectivity index (χ3v) is 5.17. The molecule has 0 aliphatic heterocycles. The highest BCUT2D eigenvalue weighted by Gasteiger charge is 2.29. The van der Waals surface area contributed by atoms with Gasteiger partial charge < -0.3 is 4.74 Å². The van der Waals surface area contributed by atoms with E-state index >= 15 is 0 Å². The predicted molar refractivity (Wildman–Crippen MR) is 81.3 cm³/mol. The van der Waals surface area contributed by atoms with Crippen LogP contribution in [0.2, 0.25) is 0 Å². The number of sulfonamides is 1. The van der Waals surface area contributed by atoms with E-state index in [2.05, 4.69) is 21.7 Å². The van der Waals surface area contributed by atoms with Gasteiger partial charge in [-0.05, 0) is 31.7 Å². The van der Waals surface area contributed by atoms with Crippen LogP contribution in [-0.2, 0) is 10.0 Å². The fourth-order valence-corrected chi connectivity index (χ4v) is 3.24. The number of pyridine rings is 1. The zero-order valence-electron chi connectivity index (χ0n) is 12.4. The smallest absolute Gasteiger partial charge is 0.263 e. The van der Waals surface area contributed by atoms with Crippen LogP contribution in [0, 0.1) is 5.92 Å². The fourth-order valence-electron chi connectivity index (χ4n) is 2.27. The number of ether oxygens (including phenoxy) is 1. The van der Waals surface area contributed by atoms with Crippen molar-refractivity contribution in [3.8, 4) is 5.88 Å². The minimum absolute atomic E-state index is 0.0799. The molecule has 2 heterocycles. The molecule has 0 saturated heterocycles. The number of nitrogens with one attached hydrogen (secondary N) is 1. The molecule has 1 saturated carbocycles. The van der Waals surface area contributed by atoms with E-state index in [-0.39, 0.29) is 4.90 Å². The summed E-state index contributed by atoms with van der Waals surface area (Å²) in [5, 5.41) is 4.24. The summed E-state index contributed by atoms with van der Waals surface area (Å²) in [6.07, 6.45) is 6.92. The van der Waals surface area contributed by atoms with Crippen LogP contribution in [0.1, 0.15) is 25.8 Å². The van der Waals surface area contributed by atoms with Crippen molar-refractivity contribution in [1.29, 1.82) is 0 Å². The molecular weight excluding hydrogens is 304 g/mol. The number of nitrogens with zero attached hydrogens (tertiary/aromatic N) is 3. The standard InChI is InChI=1S/C14H18N4O3S/c1-10(11-3-4-11)18-9-12(7-16-18)17-22(19,20)13-5-6-14(21-2)15-8-13/h5-11,17H,3-4H2,1-2H3. The van der Waals surface area contributed by atoms with Crippen molar-refractivity contribution in [3.05, 3.63) is 30.7 Å². The largest absolute Gasteiger partial charge is 0.481 e. The number of hydrogen-bond donors (Lipinski definition) is 1. The third-order valence-electron chi connectivity index (χ3n) is 3.80. The molecule has 118 valence electrons. The van der Waals surface area contributed by atoms with Gasteiger partial charge in [-0.1, -0.05) is 0 Å². The molecule has 1 fully saturated rings. The normalized spacial score (nSPS) is 16.3. The van der Waals surface area contributed by atoms with Gasteiger partial charge in [0.1, 0.15) is 4.90 Å². The number of methoxy groups -OCH3 is 1. The second-order valence-electron chi connectivity index (χ2n) is 5.43. The lowest BCUT2D eigenvalue weighted by Gasteiger charge is -2.10. The number of aromatic nitrogens is 3. The SMILES string of the molecule is COc1ccc(S(=O)(=O)Nc2cnn(C(C)C3CC3)c2)cn1. The van der Waals surface area contributed by atoms with Crippen LogP contribution in [0.3, 0.4) is 0 Å². The van der Waals surface area contributed by atoms with E-state index in [1.54, 1.807) is 6.20 Å². The average Bonchev–Trinajstić information content (AvgIpc) is 3.26. The van der Waals surface area contributed by atoms with Gasteiger partial charge in [0.15, 0.2) is 0 Å². The maximum Gasteiger partial charge on any atom is 0.263 e. The summed E-state index contributed by atoms with van der Waals surface area (Å²) in [5.41, 5.74) is 0.448. The van der Waals surface area contributed by atoms with E-state index in [1.807, 2.05) is 4.68 Å². The van der Waals surface area contributed by atoms with Gasteiger partial charge in [0.2, 0.25) is 5.88 Å². The Balaban J connectivity index is 1.75. The lowest BCUT2D eigenvalue weighted by Crippen LogP contribution is -2.13. The Morgan fingerprint density at radius 3 is 2.73 bits per heavy atom. The summed E-state index contributed by atoms with van der Waals surface area (Å²) in [6, 6.07) is 3.25. The molecule has 2 aromatic heterocycles. The van der Waals surface area contributed by atoms with Crippen LogP contribution in [0.25, 0.3) is 0 Å². The molecule has 0 radical (unpaired) electrons. The van der Waals surface area contributed by atoms with E-state index < -0.39 is 10.0 Å². The van der Waals surface area contributed by atoms with Gasteiger partial charge in [-0.2, -0.15) is 5.10 Å². The molecule has 0 amide bonds. The van der Waals surface area contributed by atoms with Gasteiger partial charge in [0.25, 0.3) is 10.0 Å². The second-order valence-corrected chi connectivity index (χ2v) is 7.11. The molecule has 1 aliphatic carbocycles. The van der Waals surface area contributed by atoms with Crippen molar-refractivity contribution >= 4 is 15.7 Å². The van der Waals surface area contributed by atoms with Crippen molar-refractivity contribution in [2.75, 3.05) is 11.8 Å². The molecule has 7 nitrogen and oxygen atoms in total. The summed E-state index contributed by atoms with van der Waals surface area (Å²) in [7, 11) is -2.20. The number of anilines is 1. The molecular formula is C14H18N4O3S. The topological polar surface area (TPSA) is 86.1 Å². The van der Waals surface area contributed by atoms with Crippen LogP contribution in [0.15, 0.2) is 35.6 Å². The quantitative estimate of drug-likeness (QED) is 0.879. The first-order valence-electron chi connectivity index (χ1n) is 7.06. The Morgan fingerprint density at radius 2 is 2.14 bits per heavy atom. The maximum atomic E-state index is 12.3. The van der Waals surface area contributed by atoms with Crippen molar-refractivity contribution in [1.82, 2.24) is 14.8 Å². The second kappa shape index (κ2) is 5.60. The Kier molecular flexibility index (Phi) is 3.78. The molecule has 8 heteroatoms. The highest BCUT2D eigenvalue weighted by atomic mass is 32.2. The van der Waals surface area contributed by atoms with Crippen molar-refractivity contribution in [3.63, 3.8) is 0 Å². The molecule has 1 unspecified atom stereocenters. The molecule has 0 aromatic carbocycles. The Hall–Kier alpha value is -2.09. The van der Waals surface area contributed by atoms with Crippen LogP contribution in [0.5, 0.6) is 5.88 Å². The predicted octanol–water partition coefficient (Wildman–Crippen LogP) is 2.06. The minimum Gasteiger partial charge on any atom is -0.481 e. The Labute approximate surface area is 129 Å². The lowest BCUT2D eigenvalue weighted by atomic mass is 10.2. The summed E-state index contributed by atoms with van der Waals surface area (Å²) < 4.78 is 33.8. The van der Waals surface area contributed by atoms with Gasteiger partial charge >= 0.3 is 0 Å². The first kappa shape index (κ1) is 14.8. The number of rotatable bonds is 6. The highest BCUT2D eigenvalue weighted by Crippen LogP contribution is 2.39. The molecule has 1 aliphatic rings. The van der Waals surface area contributed by atoms with Gasteiger partial charge in [-0.25, -0.2) is 13.4 Å². The maximum absolute atomic E-state index is 12.3. The summed E-state index contributed by atoms with van der Waals surface area (Å²) in [4.78, 5) is 3.99. The molecule has 22 heavy (non-hydrogen) atoms. The molecule has 1 N–H and O–H groups in total. The van der Waals surface area contributed by atoms with Crippen molar-refractivity contribution in [2.24, 2.45) is 5.92 Å². The zero-order chi connectivity index (χ0) is 15.7. The molecule has 1 atom stereocenters. The van der Waals surface area contributed by atoms with Crippen molar-refractivity contribution in [2.45, 2.75) is 30.7 Å². The first-order chi connectivity index (χ1) is 10.5. The lowest BCUT2D eigenvalue weighted by molar-refractivity contribution is 0.397. The van der Waals surface area contributed by atoms with E-state index in [1.165, 1.54) is 44.5 Å². The fraction of sp³-hybridized carbons (Fsp3) is 0.429. The van der Waals surface area contributed by atoms with E-state index in [4.69, 9.17) is 4.74 Å². The van der Waals surface area contributed by atoms with Crippen LogP contribution >= 0.6 is 0 Å². The van der Waals surface area contributed by atoms with Crippen molar-refractivity contribution < 1.29 is 13.2 Å². The average molecular weight is 322 g/mol. The van der Waals surface area contributed by atoms with Crippen LogP contribution in [-0.4, -0.2) is 30.3 Å². The molecule has 0 bridgehead atoms. The summed E-state index contributed by atoms with van der Waals surface area (Å²) in [5.74, 6) is 1.01. The minimum atomic E-state index is -3.68. The number of hydrogen-bond acceptors (Lipinski definition) is 5. The monoisotopic (exact) mass is 322 g/mol. The van der Waals surface area contributed by atoms with E-state index in [9.17, 15) is 8.42 Å². The van der Waals surface area contributed by atoms with Gasteiger partial charge in [0, 0.05) is 12.3 Å². The zero-order valence-corrected chi connectivity index (χ0v) is 13.2. The van der Waals surface area contributed by atoms with Gasteiger partial charge in [0.05, 0.1) is 31.2 Å².